The Morgan fingerprint density at radius 2 is 1.70 bits per heavy atom. The summed E-state index contributed by atoms with van der Waals surface area (Å²) in [5.41, 5.74) is 0. The van der Waals surface area contributed by atoms with Crippen molar-refractivity contribution in [2.45, 2.75) is 133 Å². The summed E-state index contributed by atoms with van der Waals surface area (Å²) in [4.78, 5) is 2.49. The van der Waals surface area contributed by atoms with E-state index in [4.69, 9.17) is 13.5 Å². The molecule has 0 spiro atoms. The molecule has 0 bridgehead atoms. The van der Waals surface area contributed by atoms with Crippen LogP contribution in [-0.2, 0) is 30.4 Å². The van der Waals surface area contributed by atoms with Crippen LogP contribution in [0.15, 0.2) is 12.0 Å². The Hall–Kier alpha value is -0.660. The summed E-state index contributed by atoms with van der Waals surface area (Å²) >= 11 is -0.267. The summed E-state index contributed by atoms with van der Waals surface area (Å²) in [6.07, 6.45) is 22.4. The molecule has 9 nitrogen and oxygen atoms in total. The van der Waals surface area contributed by atoms with Gasteiger partial charge in [0.15, 0.2) is 11.9 Å². The lowest BCUT2D eigenvalue weighted by atomic mass is 9.68. The lowest BCUT2D eigenvalue weighted by molar-refractivity contribution is -0.572. The average molecular weight is 674 g/mol. The van der Waals surface area contributed by atoms with Crippen LogP contribution in [0.5, 0.6) is 0 Å². The van der Waals surface area contributed by atoms with Gasteiger partial charge in [0.1, 0.15) is 12.6 Å². The van der Waals surface area contributed by atoms with Gasteiger partial charge < -0.3 is 9.64 Å². The molecule has 6 aliphatic rings. The molecule has 0 aromatic rings. The molecule has 0 amide bonds. The third-order valence-corrected chi connectivity index (χ3v) is 14.2. The molecule has 0 aromatic heterocycles. The number of rotatable bonds is 12. The Morgan fingerprint density at radius 3 is 2.50 bits per heavy atom. The summed E-state index contributed by atoms with van der Waals surface area (Å²) in [5.74, 6) is 3.72. The molecule has 12 heteroatoms. The molecular formula is C32H53N2O7S3+. The van der Waals surface area contributed by atoms with E-state index in [1.165, 1.54) is 88.5 Å². The van der Waals surface area contributed by atoms with E-state index in [9.17, 15) is 17.2 Å². The van der Waals surface area contributed by atoms with Crippen LogP contribution in [0.4, 0.5) is 0 Å². The van der Waals surface area contributed by atoms with Crippen molar-refractivity contribution in [3.63, 3.8) is 0 Å². The quantitative estimate of drug-likeness (QED) is 0.112. The van der Waals surface area contributed by atoms with Crippen LogP contribution in [0.2, 0.25) is 0 Å². The fourth-order valence-corrected chi connectivity index (χ4v) is 12.0. The summed E-state index contributed by atoms with van der Waals surface area (Å²) < 4.78 is 67.0. The lowest BCUT2D eigenvalue weighted by Crippen LogP contribution is -2.46. The van der Waals surface area contributed by atoms with Crippen LogP contribution >= 0.6 is 11.8 Å². The van der Waals surface area contributed by atoms with Crippen molar-refractivity contribution in [3.05, 3.63) is 12.0 Å². The average Bonchev–Trinajstić information content (AvgIpc) is 3.53. The number of unbranched alkanes of at least 4 members (excludes halogenated alkanes) is 1. The molecule has 44 heavy (non-hydrogen) atoms. The molecule has 0 radical (unpaired) electrons. The standard InChI is InChI=1S/C32H52N2O7S3/c35-43(36)40-19-7-6-17-33-27-21-25(23-9-2-1-3-10-23)13-15-28(27)41-30(33)22-31-34(18-8-20-44(37,38)39)32-26-12-5-4-11-24(26)14-16-29(32)42-31/h22-29,32H,1-21H2,(H-,35,36,37,38,39)/p+1. The van der Waals surface area contributed by atoms with E-state index in [0.717, 1.165) is 43.0 Å². The van der Waals surface area contributed by atoms with E-state index in [1.54, 1.807) is 0 Å². The number of fused-ring (bicyclic) bond motifs is 4. The first kappa shape index (κ1) is 33.2. The van der Waals surface area contributed by atoms with Crippen molar-refractivity contribution in [2.24, 2.45) is 23.7 Å². The van der Waals surface area contributed by atoms with E-state index in [-0.39, 0.29) is 18.5 Å². The SMILES string of the molecule is O=S(O)OCCCCN1C(=CC2=[N+](CCCS(=O)(=O)O)C3C(CCC4CCCCC43)S2)OC2CCC(C3CCCCC3)CC21. The zero-order valence-electron chi connectivity index (χ0n) is 26.1. The van der Waals surface area contributed by atoms with Crippen LogP contribution in [0.25, 0.3) is 0 Å². The Labute approximate surface area is 271 Å². The van der Waals surface area contributed by atoms with Gasteiger partial charge in [-0.25, -0.2) is 4.58 Å². The fourth-order valence-electron chi connectivity index (χ4n) is 9.64. The monoisotopic (exact) mass is 673 g/mol. The number of nitrogens with zero attached hydrogens (tertiary/aromatic N) is 2. The van der Waals surface area contributed by atoms with Gasteiger partial charge in [0.05, 0.1) is 29.7 Å². The Balaban J connectivity index is 1.25. The van der Waals surface area contributed by atoms with Gasteiger partial charge in [-0.3, -0.25) is 13.3 Å². The summed E-state index contributed by atoms with van der Waals surface area (Å²) in [6, 6.07) is 0.761. The first-order valence-corrected chi connectivity index (χ1v) is 20.9. The maximum Gasteiger partial charge on any atom is 0.301 e. The van der Waals surface area contributed by atoms with Crippen molar-refractivity contribution in [1.82, 2.24) is 4.90 Å². The highest BCUT2D eigenvalue weighted by atomic mass is 32.2. The maximum absolute atomic E-state index is 11.6. The second-order valence-corrected chi connectivity index (χ2v) is 17.7. The Bertz CT molecular complexity index is 1190. The molecule has 4 saturated carbocycles. The molecule has 8 unspecified atom stereocenters. The summed E-state index contributed by atoms with van der Waals surface area (Å²) in [6.45, 7) is 1.71. The second-order valence-electron chi connectivity index (χ2n) is 14.2. The van der Waals surface area contributed by atoms with Crippen molar-refractivity contribution in [1.29, 1.82) is 0 Å². The highest BCUT2D eigenvalue weighted by molar-refractivity contribution is 8.14. The largest absolute Gasteiger partial charge is 0.473 e. The zero-order chi connectivity index (χ0) is 30.7. The van der Waals surface area contributed by atoms with Crippen molar-refractivity contribution < 1.29 is 35.2 Å². The molecule has 2 aliphatic heterocycles. The Morgan fingerprint density at radius 1 is 0.955 bits per heavy atom. The van der Waals surface area contributed by atoms with Gasteiger partial charge in [-0.1, -0.05) is 44.9 Å². The van der Waals surface area contributed by atoms with Crippen molar-refractivity contribution >= 4 is 38.3 Å². The molecule has 2 N–H and O–H groups in total. The van der Waals surface area contributed by atoms with Crippen LogP contribution in [0.1, 0.15) is 109 Å². The van der Waals surface area contributed by atoms with Crippen molar-refractivity contribution in [2.75, 3.05) is 25.4 Å². The molecule has 4 aliphatic carbocycles. The van der Waals surface area contributed by atoms with Crippen LogP contribution in [0, 0.1) is 23.7 Å². The van der Waals surface area contributed by atoms with Crippen molar-refractivity contribution in [3.8, 4) is 0 Å². The van der Waals surface area contributed by atoms with Gasteiger partial charge in [-0.05, 0) is 87.3 Å². The van der Waals surface area contributed by atoms with E-state index in [1.807, 2.05) is 11.8 Å². The first-order valence-electron chi connectivity index (χ1n) is 17.4. The van der Waals surface area contributed by atoms with Gasteiger partial charge in [-0.15, -0.1) is 0 Å². The zero-order valence-corrected chi connectivity index (χ0v) is 28.5. The predicted molar refractivity (Wildman–Crippen MR) is 174 cm³/mol. The van der Waals surface area contributed by atoms with E-state index < -0.39 is 21.5 Å². The van der Waals surface area contributed by atoms with Crippen LogP contribution in [0.3, 0.4) is 0 Å². The lowest BCUT2D eigenvalue weighted by Gasteiger charge is -2.40. The van der Waals surface area contributed by atoms with Gasteiger partial charge in [-0.2, -0.15) is 12.6 Å². The summed E-state index contributed by atoms with van der Waals surface area (Å²) in [5, 5.41) is 1.71. The third kappa shape index (κ3) is 8.06. The summed E-state index contributed by atoms with van der Waals surface area (Å²) in [7, 11) is -4.00. The smallest absolute Gasteiger partial charge is 0.301 e. The molecule has 8 atom stereocenters. The minimum Gasteiger partial charge on any atom is -0.473 e. The minimum atomic E-state index is -4.00. The number of hydrogen-bond donors (Lipinski definition) is 2. The van der Waals surface area contributed by atoms with Gasteiger partial charge >= 0.3 is 11.4 Å². The highest BCUT2D eigenvalue weighted by Crippen LogP contribution is 2.49. The topological polar surface area (TPSA) is 116 Å². The molecule has 1 saturated heterocycles. The van der Waals surface area contributed by atoms with E-state index >= 15 is 0 Å². The minimum absolute atomic E-state index is 0.187. The molecule has 5 fully saturated rings. The first-order chi connectivity index (χ1) is 21.3. The molecule has 0 aromatic carbocycles. The number of ether oxygens (including phenoxy) is 1. The molecule has 2 heterocycles. The highest BCUT2D eigenvalue weighted by Gasteiger charge is 2.53. The molecule has 250 valence electrons. The van der Waals surface area contributed by atoms with Gasteiger partial charge in [0.2, 0.25) is 5.04 Å². The Kier molecular flexibility index (Phi) is 11.4. The number of thioether (sulfide) groups is 1. The normalized spacial score (nSPS) is 36.2. The molecule has 6 rings (SSSR count). The van der Waals surface area contributed by atoms with E-state index in [0.29, 0.717) is 42.6 Å². The van der Waals surface area contributed by atoms with Crippen LogP contribution < -0.4 is 0 Å². The van der Waals surface area contributed by atoms with Gasteiger partial charge in [0.25, 0.3) is 10.1 Å². The molecular weight excluding hydrogens is 621 g/mol. The predicted octanol–water partition coefficient (Wildman–Crippen LogP) is 5.98. The maximum atomic E-state index is 11.6. The van der Waals surface area contributed by atoms with Crippen LogP contribution in [-0.4, -0.2) is 85.1 Å². The second kappa shape index (κ2) is 15.0. The number of hydrogen-bond acceptors (Lipinski definition) is 7. The third-order valence-electron chi connectivity index (χ3n) is 11.6. The fraction of sp³-hybridized carbons (Fsp3) is 0.906. The van der Waals surface area contributed by atoms with Gasteiger partial charge in [0, 0.05) is 18.9 Å². The van der Waals surface area contributed by atoms with E-state index in [2.05, 4.69) is 15.6 Å².